The first kappa shape index (κ1) is 13.9. The van der Waals surface area contributed by atoms with E-state index in [1.807, 2.05) is 6.26 Å². The van der Waals surface area contributed by atoms with Crippen molar-refractivity contribution in [2.75, 3.05) is 17.3 Å². The Morgan fingerprint density at radius 3 is 2.76 bits per heavy atom. The molecule has 92 valence electrons. The van der Waals surface area contributed by atoms with Crippen LogP contribution in [-0.2, 0) is 4.79 Å². The van der Waals surface area contributed by atoms with Gasteiger partial charge in [0.2, 0.25) is 5.91 Å². The summed E-state index contributed by atoms with van der Waals surface area (Å²) < 4.78 is 0. The number of carbonyl (C=O) groups is 2. The summed E-state index contributed by atoms with van der Waals surface area (Å²) in [5.74, 6) is -0.626. The molecule has 1 aromatic carbocycles. The predicted octanol–water partition coefficient (Wildman–Crippen LogP) is 2.73. The van der Waals surface area contributed by atoms with Gasteiger partial charge in [-0.05, 0) is 24.5 Å². The van der Waals surface area contributed by atoms with Gasteiger partial charge < -0.3 is 10.4 Å². The molecule has 0 aromatic heterocycles. The van der Waals surface area contributed by atoms with Crippen LogP contribution in [0.4, 0.5) is 5.69 Å². The molecule has 4 nitrogen and oxygen atoms in total. The number of carboxylic acids is 1. The number of carboxylic acid groups (broad SMARTS) is 1. The van der Waals surface area contributed by atoms with Crippen molar-refractivity contribution in [3.8, 4) is 0 Å². The van der Waals surface area contributed by atoms with Crippen LogP contribution in [0.25, 0.3) is 0 Å². The minimum atomic E-state index is -1.12. The Balaban J connectivity index is 2.83. The molecule has 0 fully saturated rings. The van der Waals surface area contributed by atoms with E-state index in [0.717, 1.165) is 0 Å². The summed E-state index contributed by atoms with van der Waals surface area (Å²) in [4.78, 5) is 22.4. The lowest BCUT2D eigenvalue weighted by Crippen LogP contribution is -2.15. The number of hydrogen-bond donors (Lipinski definition) is 2. The van der Waals surface area contributed by atoms with E-state index in [0.29, 0.717) is 17.2 Å². The van der Waals surface area contributed by atoms with Crippen LogP contribution in [0.1, 0.15) is 16.8 Å². The third kappa shape index (κ3) is 4.28. The molecule has 0 bridgehead atoms. The number of anilines is 1. The molecule has 2 N–H and O–H groups in total. The van der Waals surface area contributed by atoms with Crippen LogP contribution in [0.2, 0.25) is 5.02 Å². The highest BCUT2D eigenvalue weighted by atomic mass is 35.5. The summed E-state index contributed by atoms with van der Waals surface area (Å²) >= 11 is 7.26. The van der Waals surface area contributed by atoms with Crippen molar-refractivity contribution in [3.63, 3.8) is 0 Å². The molecule has 0 radical (unpaired) electrons. The molecule has 0 aliphatic carbocycles. The summed E-state index contributed by atoms with van der Waals surface area (Å²) in [6.07, 6.45) is 2.25. The number of halogens is 1. The second kappa shape index (κ2) is 6.51. The monoisotopic (exact) mass is 273 g/mol. The Morgan fingerprint density at radius 2 is 2.18 bits per heavy atom. The van der Waals surface area contributed by atoms with Crippen molar-refractivity contribution in [2.45, 2.75) is 6.42 Å². The van der Waals surface area contributed by atoms with Crippen LogP contribution in [0.15, 0.2) is 18.2 Å². The van der Waals surface area contributed by atoms with Gasteiger partial charge in [-0.1, -0.05) is 11.6 Å². The van der Waals surface area contributed by atoms with E-state index in [2.05, 4.69) is 5.32 Å². The van der Waals surface area contributed by atoms with Gasteiger partial charge >= 0.3 is 5.97 Å². The number of hydrogen-bond acceptors (Lipinski definition) is 3. The van der Waals surface area contributed by atoms with Crippen molar-refractivity contribution in [3.05, 3.63) is 28.8 Å². The lowest BCUT2D eigenvalue weighted by Gasteiger charge is -2.08. The molecule has 17 heavy (non-hydrogen) atoms. The smallest absolute Gasteiger partial charge is 0.337 e. The topological polar surface area (TPSA) is 66.4 Å². The molecule has 1 rings (SSSR count). The van der Waals surface area contributed by atoms with Crippen molar-refractivity contribution in [1.29, 1.82) is 0 Å². The Hall–Kier alpha value is -1.20. The predicted molar refractivity (Wildman–Crippen MR) is 70.0 cm³/mol. The Morgan fingerprint density at radius 1 is 1.47 bits per heavy atom. The number of thioether (sulfide) groups is 1. The largest absolute Gasteiger partial charge is 0.478 e. The van der Waals surface area contributed by atoms with Gasteiger partial charge in [0, 0.05) is 17.2 Å². The molecule has 1 amide bonds. The number of carbonyl (C=O) groups excluding carboxylic acids is 1. The molecule has 6 heteroatoms. The molecular formula is C11H12ClNO3S. The fourth-order valence-corrected chi connectivity index (χ4v) is 1.77. The molecule has 0 saturated heterocycles. The van der Waals surface area contributed by atoms with Crippen LogP contribution in [0, 0.1) is 0 Å². The molecule has 0 aliphatic heterocycles. The number of nitrogens with one attached hydrogen (secondary N) is 1. The minimum absolute atomic E-state index is 0.00463. The normalized spacial score (nSPS) is 10.0. The zero-order valence-corrected chi connectivity index (χ0v) is 10.8. The van der Waals surface area contributed by atoms with Gasteiger partial charge in [0.15, 0.2) is 0 Å². The standard InChI is InChI=1S/C11H12ClNO3S/c1-17-5-4-10(14)13-9-3-2-7(12)6-8(9)11(15)16/h2-3,6H,4-5H2,1H3,(H,13,14)(H,15,16). The van der Waals surface area contributed by atoms with Crippen molar-refractivity contribution < 1.29 is 14.7 Å². The maximum atomic E-state index is 11.5. The van der Waals surface area contributed by atoms with Gasteiger partial charge in [-0.3, -0.25) is 4.79 Å². The molecule has 0 saturated carbocycles. The van der Waals surface area contributed by atoms with Crippen LogP contribution in [-0.4, -0.2) is 29.0 Å². The first-order valence-electron chi connectivity index (χ1n) is 4.86. The zero-order valence-electron chi connectivity index (χ0n) is 9.20. The summed E-state index contributed by atoms with van der Waals surface area (Å²) in [5, 5.41) is 11.9. The van der Waals surface area contributed by atoms with Crippen LogP contribution >= 0.6 is 23.4 Å². The van der Waals surface area contributed by atoms with Gasteiger partial charge in [0.05, 0.1) is 11.3 Å². The molecule has 0 heterocycles. The van der Waals surface area contributed by atoms with Gasteiger partial charge in [0.25, 0.3) is 0 Å². The quantitative estimate of drug-likeness (QED) is 0.866. The van der Waals surface area contributed by atoms with Crippen LogP contribution < -0.4 is 5.32 Å². The third-order valence-electron chi connectivity index (χ3n) is 2.02. The molecular weight excluding hydrogens is 262 g/mol. The average molecular weight is 274 g/mol. The van der Waals surface area contributed by atoms with E-state index < -0.39 is 5.97 Å². The summed E-state index contributed by atoms with van der Waals surface area (Å²) in [7, 11) is 0. The van der Waals surface area contributed by atoms with E-state index in [-0.39, 0.29) is 17.2 Å². The summed E-state index contributed by atoms with van der Waals surface area (Å²) in [6.45, 7) is 0. The second-order valence-electron chi connectivity index (χ2n) is 3.29. The molecule has 0 unspecified atom stereocenters. The van der Waals surface area contributed by atoms with Gasteiger partial charge in [-0.25, -0.2) is 4.79 Å². The number of aromatic carboxylic acids is 1. The zero-order chi connectivity index (χ0) is 12.8. The first-order valence-corrected chi connectivity index (χ1v) is 6.63. The Kier molecular flexibility index (Phi) is 5.31. The van der Waals surface area contributed by atoms with E-state index in [9.17, 15) is 9.59 Å². The average Bonchev–Trinajstić information content (AvgIpc) is 2.28. The fourth-order valence-electron chi connectivity index (χ4n) is 1.21. The van der Waals surface area contributed by atoms with Crippen LogP contribution in [0.3, 0.4) is 0 Å². The Labute approximate surface area is 108 Å². The number of benzene rings is 1. The summed E-state index contributed by atoms with van der Waals surface area (Å²) in [5.41, 5.74) is 0.267. The van der Waals surface area contributed by atoms with Crippen molar-refractivity contribution in [2.24, 2.45) is 0 Å². The lowest BCUT2D eigenvalue weighted by molar-refractivity contribution is -0.115. The summed E-state index contributed by atoms with van der Waals surface area (Å²) in [6, 6.07) is 4.34. The number of rotatable bonds is 5. The molecule has 0 spiro atoms. The highest BCUT2D eigenvalue weighted by Gasteiger charge is 2.12. The molecule has 0 aliphatic rings. The van der Waals surface area contributed by atoms with E-state index in [4.69, 9.17) is 16.7 Å². The second-order valence-corrected chi connectivity index (χ2v) is 4.71. The third-order valence-corrected chi connectivity index (χ3v) is 2.87. The van der Waals surface area contributed by atoms with Crippen molar-refractivity contribution >= 4 is 40.9 Å². The maximum Gasteiger partial charge on any atom is 0.337 e. The maximum absolute atomic E-state index is 11.5. The fraction of sp³-hybridized carbons (Fsp3) is 0.273. The van der Waals surface area contributed by atoms with E-state index >= 15 is 0 Å². The van der Waals surface area contributed by atoms with Crippen molar-refractivity contribution in [1.82, 2.24) is 0 Å². The van der Waals surface area contributed by atoms with Crippen LogP contribution in [0.5, 0.6) is 0 Å². The number of amides is 1. The first-order chi connectivity index (χ1) is 8.04. The highest BCUT2D eigenvalue weighted by molar-refractivity contribution is 7.98. The highest BCUT2D eigenvalue weighted by Crippen LogP contribution is 2.21. The van der Waals surface area contributed by atoms with Gasteiger partial charge in [0.1, 0.15) is 0 Å². The van der Waals surface area contributed by atoms with Gasteiger partial charge in [-0.2, -0.15) is 11.8 Å². The van der Waals surface area contributed by atoms with E-state index in [1.165, 1.54) is 18.2 Å². The Bertz CT molecular complexity index is 437. The molecule has 0 atom stereocenters. The lowest BCUT2D eigenvalue weighted by atomic mass is 10.1. The van der Waals surface area contributed by atoms with E-state index in [1.54, 1.807) is 11.8 Å². The van der Waals surface area contributed by atoms with Gasteiger partial charge in [-0.15, -0.1) is 0 Å². The minimum Gasteiger partial charge on any atom is -0.478 e. The SMILES string of the molecule is CSCCC(=O)Nc1ccc(Cl)cc1C(=O)O. The molecule has 1 aromatic rings.